The Hall–Kier alpha value is -2.04. The summed E-state index contributed by atoms with van der Waals surface area (Å²) in [5, 5.41) is 3.11. The quantitative estimate of drug-likeness (QED) is 0.918. The molecule has 0 aliphatic carbocycles. The SMILES string of the molecule is Fc1cc(NCc2cnco2)ccc1N1CCCC1. The van der Waals surface area contributed by atoms with E-state index >= 15 is 0 Å². The molecule has 100 valence electrons. The molecule has 1 aromatic heterocycles. The molecule has 0 spiro atoms. The lowest BCUT2D eigenvalue weighted by atomic mass is 10.2. The lowest BCUT2D eigenvalue weighted by molar-refractivity contribution is 0.511. The fraction of sp³-hybridized carbons (Fsp3) is 0.357. The van der Waals surface area contributed by atoms with Gasteiger partial charge in [-0.1, -0.05) is 0 Å². The number of nitrogens with zero attached hydrogens (tertiary/aromatic N) is 2. The van der Waals surface area contributed by atoms with Gasteiger partial charge >= 0.3 is 0 Å². The van der Waals surface area contributed by atoms with Crippen LogP contribution in [0, 0.1) is 5.82 Å². The zero-order valence-electron chi connectivity index (χ0n) is 10.6. The normalized spacial score (nSPS) is 14.9. The number of halogens is 1. The van der Waals surface area contributed by atoms with Crippen LogP contribution in [0.2, 0.25) is 0 Å². The lowest BCUT2D eigenvalue weighted by Gasteiger charge is -2.18. The Morgan fingerprint density at radius 3 is 2.84 bits per heavy atom. The molecule has 0 saturated carbocycles. The van der Waals surface area contributed by atoms with Crippen molar-refractivity contribution < 1.29 is 8.81 Å². The van der Waals surface area contributed by atoms with E-state index in [1.54, 1.807) is 6.20 Å². The fourth-order valence-corrected chi connectivity index (χ4v) is 2.35. The van der Waals surface area contributed by atoms with Crippen LogP contribution in [0.5, 0.6) is 0 Å². The van der Waals surface area contributed by atoms with Gasteiger partial charge in [0, 0.05) is 18.8 Å². The largest absolute Gasteiger partial charge is 0.447 e. The van der Waals surface area contributed by atoms with E-state index in [4.69, 9.17) is 4.42 Å². The maximum atomic E-state index is 14.1. The summed E-state index contributed by atoms with van der Waals surface area (Å²) in [7, 11) is 0. The molecule has 2 aromatic rings. The molecule has 2 heterocycles. The summed E-state index contributed by atoms with van der Waals surface area (Å²) < 4.78 is 19.2. The zero-order valence-corrected chi connectivity index (χ0v) is 10.6. The summed E-state index contributed by atoms with van der Waals surface area (Å²) >= 11 is 0. The van der Waals surface area contributed by atoms with E-state index in [1.165, 1.54) is 12.5 Å². The van der Waals surface area contributed by atoms with Crippen LogP contribution in [-0.2, 0) is 6.54 Å². The highest BCUT2D eigenvalue weighted by molar-refractivity contribution is 5.56. The Morgan fingerprint density at radius 2 is 2.16 bits per heavy atom. The molecule has 4 nitrogen and oxygen atoms in total. The molecule has 0 atom stereocenters. The Labute approximate surface area is 111 Å². The van der Waals surface area contributed by atoms with Crippen LogP contribution in [0.15, 0.2) is 35.2 Å². The van der Waals surface area contributed by atoms with Gasteiger partial charge in [-0.25, -0.2) is 9.37 Å². The second-order valence-electron chi connectivity index (χ2n) is 4.68. The number of oxazole rings is 1. The number of aromatic nitrogens is 1. The predicted octanol–water partition coefficient (Wildman–Crippen LogP) is 3.03. The molecule has 1 saturated heterocycles. The van der Waals surface area contributed by atoms with Gasteiger partial charge in [-0.2, -0.15) is 0 Å². The van der Waals surface area contributed by atoms with Crippen molar-refractivity contribution in [2.75, 3.05) is 23.3 Å². The van der Waals surface area contributed by atoms with Gasteiger partial charge in [-0.3, -0.25) is 0 Å². The van der Waals surface area contributed by atoms with Crippen LogP contribution in [0.4, 0.5) is 15.8 Å². The molecule has 1 aliphatic rings. The molecule has 0 radical (unpaired) electrons. The molecule has 1 N–H and O–H groups in total. The average Bonchev–Trinajstić information content (AvgIpc) is 3.10. The summed E-state index contributed by atoms with van der Waals surface area (Å²) in [6, 6.07) is 5.26. The van der Waals surface area contributed by atoms with E-state index in [0.29, 0.717) is 12.2 Å². The highest BCUT2D eigenvalue weighted by Gasteiger charge is 2.16. The summed E-state index contributed by atoms with van der Waals surface area (Å²) in [5.41, 5.74) is 1.44. The van der Waals surface area contributed by atoms with Gasteiger partial charge in [0.05, 0.1) is 18.4 Å². The maximum absolute atomic E-state index is 14.1. The summed E-state index contributed by atoms with van der Waals surface area (Å²) in [4.78, 5) is 5.92. The molecule has 5 heteroatoms. The third-order valence-electron chi connectivity index (χ3n) is 3.34. The minimum absolute atomic E-state index is 0.176. The van der Waals surface area contributed by atoms with Gasteiger partial charge in [0.15, 0.2) is 6.39 Å². The van der Waals surface area contributed by atoms with Gasteiger partial charge in [0.2, 0.25) is 0 Å². The van der Waals surface area contributed by atoms with Crippen molar-refractivity contribution >= 4 is 11.4 Å². The van der Waals surface area contributed by atoms with Crippen molar-refractivity contribution in [1.29, 1.82) is 0 Å². The fourth-order valence-electron chi connectivity index (χ4n) is 2.35. The predicted molar refractivity (Wildman–Crippen MR) is 71.7 cm³/mol. The van der Waals surface area contributed by atoms with Crippen LogP contribution >= 0.6 is 0 Å². The molecule has 1 fully saturated rings. The minimum atomic E-state index is -0.176. The van der Waals surface area contributed by atoms with E-state index in [9.17, 15) is 4.39 Å². The van der Waals surface area contributed by atoms with Crippen LogP contribution in [0.1, 0.15) is 18.6 Å². The average molecular weight is 261 g/mol. The third kappa shape index (κ3) is 2.70. The number of benzene rings is 1. The van der Waals surface area contributed by atoms with E-state index < -0.39 is 0 Å². The standard InChI is InChI=1S/C14H16FN3O/c15-13-7-11(17-9-12-8-16-10-19-12)3-4-14(13)18-5-1-2-6-18/h3-4,7-8,10,17H,1-2,5-6,9H2. The highest BCUT2D eigenvalue weighted by atomic mass is 19.1. The van der Waals surface area contributed by atoms with E-state index in [2.05, 4.69) is 15.2 Å². The van der Waals surface area contributed by atoms with Crippen molar-refractivity contribution in [3.8, 4) is 0 Å². The van der Waals surface area contributed by atoms with Crippen LogP contribution in [0.3, 0.4) is 0 Å². The first-order valence-electron chi connectivity index (χ1n) is 6.49. The molecule has 0 unspecified atom stereocenters. The smallest absolute Gasteiger partial charge is 0.180 e. The van der Waals surface area contributed by atoms with Gasteiger partial charge in [-0.05, 0) is 31.0 Å². The second-order valence-corrected chi connectivity index (χ2v) is 4.68. The van der Waals surface area contributed by atoms with Crippen LogP contribution in [-0.4, -0.2) is 18.1 Å². The van der Waals surface area contributed by atoms with Crippen LogP contribution < -0.4 is 10.2 Å². The van der Waals surface area contributed by atoms with Crippen molar-refractivity contribution in [3.63, 3.8) is 0 Å². The monoisotopic (exact) mass is 261 g/mol. The van der Waals surface area contributed by atoms with E-state index in [-0.39, 0.29) is 5.82 Å². The Bertz CT molecular complexity index is 536. The topological polar surface area (TPSA) is 41.3 Å². The molecule has 3 rings (SSSR count). The van der Waals surface area contributed by atoms with Crippen molar-refractivity contribution in [1.82, 2.24) is 4.98 Å². The van der Waals surface area contributed by atoms with Gasteiger partial charge < -0.3 is 14.6 Å². The van der Waals surface area contributed by atoms with Crippen molar-refractivity contribution in [3.05, 3.63) is 42.4 Å². The summed E-state index contributed by atoms with van der Waals surface area (Å²) in [5.74, 6) is 0.550. The number of rotatable bonds is 4. The molecule has 1 aromatic carbocycles. The van der Waals surface area contributed by atoms with Gasteiger partial charge in [0.1, 0.15) is 11.6 Å². The third-order valence-corrected chi connectivity index (χ3v) is 3.34. The number of anilines is 2. The number of nitrogens with one attached hydrogen (secondary N) is 1. The first-order chi connectivity index (χ1) is 9.33. The molecular formula is C14H16FN3O. The highest BCUT2D eigenvalue weighted by Crippen LogP contribution is 2.26. The lowest BCUT2D eigenvalue weighted by Crippen LogP contribution is -2.18. The Morgan fingerprint density at radius 1 is 1.32 bits per heavy atom. The van der Waals surface area contributed by atoms with Crippen molar-refractivity contribution in [2.45, 2.75) is 19.4 Å². The molecular weight excluding hydrogens is 245 g/mol. The van der Waals surface area contributed by atoms with E-state index in [0.717, 1.165) is 37.4 Å². The summed E-state index contributed by atoms with van der Waals surface area (Å²) in [6.07, 6.45) is 5.31. The second kappa shape index (κ2) is 5.30. The number of hydrogen-bond donors (Lipinski definition) is 1. The van der Waals surface area contributed by atoms with Gasteiger partial charge in [-0.15, -0.1) is 0 Å². The molecule has 0 amide bonds. The minimum Gasteiger partial charge on any atom is -0.447 e. The molecule has 0 bridgehead atoms. The van der Waals surface area contributed by atoms with Gasteiger partial charge in [0.25, 0.3) is 0 Å². The van der Waals surface area contributed by atoms with E-state index in [1.807, 2.05) is 12.1 Å². The zero-order chi connectivity index (χ0) is 13.1. The maximum Gasteiger partial charge on any atom is 0.180 e. The first kappa shape index (κ1) is 12.0. The Kier molecular flexibility index (Phi) is 3.35. The number of hydrogen-bond acceptors (Lipinski definition) is 4. The Balaban J connectivity index is 1.68. The molecule has 1 aliphatic heterocycles. The van der Waals surface area contributed by atoms with Crippen LogP contribution in [0.25, 0.3) is 0 Å². The van der Waals surface area contributed by atoms with Crippen molar-refractivity contribution in [2.24, 2.45) is 0 Å². The molecule has 19 heavy (non-hydrogen) atoms. The summed E-state index contributed by atoms with van der Waals surface area (Å²) in [6.45, 7) is 2.39. The first-order valence-corrected chi connectivity index (χ1v) is 6.49.